The summed E-state index contributed by atoms with van der Waals surface area (Å²) >= 11 is 0. The lowest BCUT2D eigenvalue weighted by atomic mass is 10.1. The Bertz CT molecular complexity index is 301. The van der Waals surface area contributed by atoms with E-state index in [9.17, 15) is 0 Å². The summed E-state index contributed by atoms with van der Waals surface area (Å²) in [5.74, 6) is 0. The van der Waals surface area contributed by atoms with Gasteiger partial charge in [0, 0.05) is 5.56 Å². The SMILES string of the molecule is C=C(C)C(=NO)c1ccccc1. The highest BCUT2D eigenvalue weighted by atomic mass is 16.4. The largest absolute Gasteiger partial charge is 0.410 e. The molecule has 0 bridgehead atoms. The summed E-state index contributed by atoms with van der Waals surface area (Å²) in [5, 5.41) is 11.9. The molecule has 0 radical (unpaired) electrons. The molecular weight excluding hydrogens is 150 g/mol. The van der Waals surface area contributed by atoms with Gasteiger partial charge in [-0.2, -0.15) is 0 Å². The average molecular weight is 161 g/mol. The van der Waals surface area contributed by atoms with Crippen LogP contribution in [0.15, 0.2) is 47.6 Å². The Labute approximate surface area is 71.8 Å². The van der Waals surface area contributed by atoms with Crippen LogP contribution in [0.3, 0.4) is 0 Å². The fourth-order valence-corrected chi connectivity index (χ4v) is 0.986. The number of benzene rings is 1. The highest BCUT2D eigenvalue weighted by Crippen LogP contribution is 2.06. The van der Waals surface area contributed by atoms with Gasteiger partial charge >= 0.3 is 0 Å². The second kappa shape index (κ2) is 3.72. The fourth-order valence-electron chi connectivity index (χ4n) is 0.986. The van der Waals surface area contributed by atoms with Crippen molar-refractivity contribution in [2.45, 2.75) is 6.92 Å². The highest BCUT2D eigenvalue weighted by Gasteiger charge is 2.02. The molecule has 0 aromatic heterocycles. The Morgan fingerprint density at radius 2 is 1.92 bits per heavy atom. The van der Waals surface area contributed by atoms with Crippen molar-refractivity contribution in [3.8, 4) is 0 Å². The molecule has 2 nitrogen and oxygen atoms in total. The minimum atomic E-state index is 0.538. The molecule has 2 heteroatoms. The zero-order valence-corrected chi connectivity index (χ0v) is 6.99. The van der Waals surface area contributed by atoms with Gasteiger partial charge in [-0.3, -0.25) is 0 Å². The fraction of sp³-hybridized carbons (Fsp3) is 0.100. The van der Waals surface area contributed by atoms with Crippen LogP contribution >= 0.6 is 0 Å². The smallest absolute Gasteiger partial charge is 0.112 e. The van der Waals surface area contributed by atoms with Gasteiger partial charge in [0.15, 0.2) is 0 Å². The van der Waals surface area contributed by atoms with Crippen molar-refractivity contribution in [3.05, 3.63) is 48.0 Å². The minimum absolute atomic E-state index is 0.538. The number of hydrogen-bond donors (Lipinski definition) is 1. The van der Waals surface area contributed by atoms with Gasteiger partial charge in [0.25, 0.3) is 0 Å². The lowest BCUT2D eigenvalue weighted by Crippen LogP contribution is -2.00. The third-order valence-electron chi connectivity index (χ3n) is 1.55. The van der Waals surface area contributed by atoms with Gasteiger partial charge in [0.05, 0.1) is 0 Å². The molecule has 1 aromatic rings. The standard InChI is InChI=1S/C10H11NO/c1-8(2)10(11-12)9-6-4-3-5-7-9/h3-7,12H,1H2,2H3. The molecule has 0 fully saturated rings. The van der Waals surface area contributed by atoms with E-state index in [1.807, 2.05) is 37.3 Å². The Kier molecular flexibility index (Phi) is 2.64. The van der Waals surface area contributed by atoms with Gasteiger partial charge in [-0.25, -0.2) is 0 Å². The van der Waals surface area contributed by atoms with Crippen molar-refractivity contribution in [2.75, 3.05) is 0 Å². The van der Waals surface area contributed by atoms with Crippen molar-refractivity contribution in [1.82, 2.24) is 0 Å². The number of oxime groups is 1. The molecule has 0 spiro atoms. The first-order chi connectivity index (χ1) is 5.75. The lowest BCUT2D eigenvalue weighted by Gasteiger charge is -2.01. The quantitative estimate of drug-likeness (QED) is 0.403. The van der Waals surface area contributed by atoms with Crippen LogP contribution in [0.5, 0.6) is 0 Å². The van der Waals surface area contributed by atoms with E-state index in [1.54, 1.807) is 0 Å². The molecule has 0 atom stereocenters. The van der Waals surface area contributed by atoms with Gasteiger partial charge in [0.2, 0.25) is 0 Å². The zero-order chi connectivity index (χ0) is 8.97. The number of hydrogen-bond acceptors (Lipinski definition) is 2. The molecule has 1 rings (SSSR count). The lowest BCUT2D eigenvalue weighted by molar-refractivity contribution is 0.319. The molecule has 0 aliphatic heterocycles. The van der Waals surface area contributed by atoms with E-state index >= 15 is 0 Å². The predicted octanol–water partition coefficient (Wildman–Crippen LogP) is 2.44. The van der Waals surface area contributed by atoms with E-state index in [2.05, 4.69) is 11.7 Å². The second-order valence-corrected chi connectivity index (χ2v) is 2.59. The predicted molar refractivity (Wildman–Crippen MR) is 49.6 cm³/mol. The Morgan fingerprint density at radius 1 is 1.33 bits per heavy atom. The topological polar surface area (TPSA) is 32.6 Å². The molecular formula is C10H11NO. The maximum absolute atomic E-state index is 8.68. The summed E-state index contributed by atoms with van der Waals surface area (Å²) in [7, 11) is 0. The molecule has 0 heterocycles. The van der Waals surface area contributed by atoms with E-state index in [1.165, 1.54) is 0 Å². The van der Waals surface area contributed by atoms with E-state index in [-0.39, 0.29) is 0 Å². The van der Waals surface area contributed by atoms with Crippen LogP contribution in [0.25, 0.3) is 0 Å². The molecule has 62 valence electrons. The van der Waals surface area contributed by atoms with Crippen molar-refractivity contribution < 1.29 is 5.21 Å². The average Bonchev–Trinajstić information content (AvgIpc) is 2.07. The van der Waals surface area contributed by atoms with Gasteiger partial charge in [-0.05, 0) is 12.5 Å². The van der Waals surface area contributed by atoms with Crippen LogP contribution < -0.4 is 0 Å². The number of nitrogens with zero attached hydrogens (tertiary/aromatic N) is 1. The van der Waals surface area contributed by atoms with Crippen LogP contribution in [-0.4, -0.2) is 10.9 Å². The third-order valence-corrected chi connectivity index (χ3v) is 1.55. The zero-order valence-electron chi connectivity index (χ0n) is 6.99. The molecule has 12 heavy (non-hydrogen) atoms. The molecule has 1 N–H and O–H groups in total. The maximum atomic E-state index is 8.68. The van der Waals surface area contributed by atoms with Crippen LogP contribution in [0.4, 0.5) is 0 Å². The van der Waals surface area contributed by atoms with Gasteiger partial charge in [-0.1, -0.05) is 42.1 Å². The third kappa shape index (κ3) is 1.72. The summed E-state index contributed by atoms with van der Waals surface area (Å²) in [6.07, 6.45) is 0. The van der Waals surface area contributed by atoms with E-state index in [4.69, 9.17) is 5.21 Å². The molecule has 0 aliphatic carbocycles. The van der Waals surface area contributed by atoms with Crippen LogP contribution in [0.2, 0.25) is 0 Å². The van der Waals surface area contributed by atoms with Gasteiger partial charge < -0.3 is 5.21 Å². The second-order valence-electron chi connectivity index (χ2n) is 2.59. The summed E-state index contributed by atoms with van der Waals surface area (Å²) in [6.45, 7) is 5.52. The first kappa shape index (κ1) is 8.53. The first-order valence-electron chi connectivity index (χ1n) is 3.69. The van der Waals surface area contributed by atoms with Gasteiger partial charge in [0.1, 0.15) is 5.71 Å². The Morgan fingerprint density at radius 3 is 2.33 bits per heavy atom. The monoisotopic (exact) mass is 161 g/mol. The van der Waals surface area contributed by atoms with E-state index < -0.39 is 0 Å². The number of rotatable bonds is 2. The van der Waals surface area contributed by atoms with Crippen LogP contribution in [0.1, 0.15) is 12.5 Å². The van der Waals surface area contributed by atoms with Crippen LogP contribution in [0, 0.1) is 0 Å². The molecule has 0 amide bonds. The molecule has 0 unspecified atom stereocenters. The normalized spacial score (nSPS) is 11.2. The summed E-state index contributed by atoms with van der Waals surface area (Å²) in [4.78, 5) is 0. The van der Waals surface area contributed by atoms with Crippen molar-refractivity contribution in [2.24, 2.45) is 5.16 Å². The van der Waals surface area contributed by atoms with Crippen molar-refractivity contribution >= 4 is 5.71 Å². The number of allylic oxidation sites excluding steroid dienone is 1. The Balaban J connectivity index is 3.05. The molecule has 0 saturated carbocycles. The van der Waals surface area contributed by atoms with Gasteiger partial charge in [-0.15, -0.1) is 0 Å². The first-order valence-corrected chi connectivity index (χ1v) is 3.69. The Hall–Kier alpha value is -1.57. The van der Waals surface area contributed by atoms with E-state index in [0.29, 0.717) is 5.71 Å². The highest BCUT2D eigenvalue weighted by molar-refractivity contribution is 6.11. The van der Waals surface area contributed by atoms with Crippen molar-refractivity contribution in [1.29, 1.82) is 0 Å². The molecule has 1 aromatic carbocycles. The molecule has 0 aliphatic rings. The summed E-state index contributed by atoms with van der Waals surface area (Å²) < 4.78 is 0. The van der Waals surface area contributed by atoms with Crippen molar-refractivity contribution in [3.63, 3.8) is 0 Å². The summed E-state index contributed by atoms with van der Waals surface area (Å²) in [5.41, 5.74) is 2.17. The van der Waals surface area contributed by atoms with Crippen LogP contribution in [-0.2, 0) is 0 Å². The maximum Gasteiger partial charge on any atom is 0.112 e. The summed E-state index contributed by atoms with van der Waals surface area (Å²) in [6, 6.07) is 9.46. The van der Waals surface area contributed by atoms with E-state index in [0.717, 1.165) is 11.1 Å². The molecule has 0 saturated heterocycles. The minimum Gasteiger partial charge on any atom is -0.410 e.